The molecule has 0 N–H and O–H groups in total. The van der Waals surface area contributed by atoms with Gasteiger partial charge in [0.1, 0.15) is 10.7 Å². The number of amides is 1. The number of fused-ring (bicyclic) bond motifs is 4. The summed E-state index contributed by atoms with van der Waals surface area (Å²) in [6.07, 6.45) is 1.05. The Morgan fingerprint density at radius 2 is 2.04 bits per heavy atom. The summed E-state index contributed by atoms with van der Waals surface area (Å²) in [6.45, 7) is 2.05. The normalized spacial score (nSPS) is 21.5. The minimum atomic E-state index is 0.00508. The molecule has 0 radical (unpaired) electrons. The molecule has 1 fully saturated rings. The summed E-state index contributed by atoms with van der Waals surface area (Å²) in [7, 11) is 0. The summed E-state index contributed by atoms with van der Waals surface area (Å²) in [5.41, 5.74) is 1.66. The predicted octanol–water partition coefficient (Wildman–Crippen LogP) is 3.29. The van der Waals surface area contributed by atoms with Crippen LogP contribution in [0.2, 0.25) is 0 Å². The van der Waals surface area contributed by atoms with Crippen LogP contribution in [0.25, 0.3) is 9.88 Å². The summed E-state index contributed by atoms with van der Waals surface area (Å²) in [5, 5.41) is 4.78. The number of thiazole rings is 1. The number of nitrogens with zero attached hydrogens (tertiary/aromatic N) is 3. The first-order chi connectivity index (χ1) is 12.7. The van der Waals surface area contributed by atoms with Gasteiger partial charge in [-0.05, 0) is 29.9 Å². The monoisotopic (exact) mass is 383 g/mol. The number of pyridine rings is 1. The highest BCUT2D eigenvalue weighted by atomic mass is 32.1. The van der Waals surface area contributed by atoms with E-state index >= 15 is 0 Å². The quantitative estimate of drug-likeness (QED) is 0.682. The van der Waals surface area contributed by atoms with Gasteiger partial charge in [0.15, 0.2) is 0 Å². The lowest BCUT2D eigenvalue weighted by Gasteiger charge is -2.42. The zero-order valence-electron chi connectivity index (χ0n) is 14.0. The van der Waals surface area contributed by atoms with E-state index in [0.717, 1.165) is 22.0 Å². The number of hydrogen-bond acceptors (Lipinski definition) is 5. The largest absolute Gasteiger partial charge is 0.336 e. The van der Waals surface area contributed by atoms with Crippen molar-refractivity contribution in [3.05, 3.63) is 62.8 Å². The van der Waals surface area contributed by atoms with E-state index in [2.05, 4.69) is 4.98 Å². The molecule has 132 valence electrons. The van der Waals surface area contributed by atoms with E-state index in [1.165, 1.54) is 11.3 Å². The highest BCUT2D eigenvalue weighted by Gasteiger charge is 2.36. The molecule has 2 atom stereocenters. The second-order valence-electron chi connectivity index (χ2n) is 6.92. The van der Waals surface area contributed by atoms with Crippen LogP contribution in [0.5, 0.6) is 0 Å². The fourth-order valence-electron chi connectivity index (χ4n) is 4.11. The van der Waals surface area contributed by atoms with Crippen LogP contribution in [0.15, 0.2) is 45.9 Å². The first-order valence-electron chi connectivity index (χ1n) is 8.67. The van der Waals surface area contributed by atoms with E-state index in [9.17, 15) is 9.59 Å². The van der Waals surface area contributed by atoms with Gasteiger partial charge in [-0.1, -0.05) is 12.1 Å². The fraction of sp³-hybridized carbons (Fsp3) is 0.316. The third-order valence-electron chi connectivity index (χ3n) is 5.22. The van der Waals surface area contributed by atoms with Crippen LogP contribution < -0.4 is 5.56 Å². The lowest BCUT2D eigenvalue weighted by molar-refractivity contribution is 0.0589. The summed E-state index contributed by atoms with van der Waals surface area (Å²) in [5.74, 6) is 0.571. The molecule has 0 saturated carbocycles. The van der Waals surface area contributed by atoms with Gasteiger partial charge in [0, 0.05) is 42.7 Å². The minimum Gasteiger partial charge on any atom is -0.336 e. The Bertz CT molecular complexity index is 1020. The van der Waals surface area contributed by atoms with Crippen molar-refractivity contribution >= 4 is 28.6 Å². The van der Waals surface area contributed by atoms with Gasteiger partial charge in [-0.15, -0.1) is 22.7 Å². The second kappa shape index (κ2) is 6.17. The Hall–Kier alpha value is -2.25. The van der Waals surface area contributed by atoms with Crippen LogP contribution in [0.3, 0.4) is 0 Å². The van der Waals surface area contributed by atoms with Crippen LogP contribution >= 0.6 is 22.7 Å². The van der Waals surface area contributed by atoms with Gasteiger partial charge in [-0.3, -0.25) is 9.59 Å². The molecular formula is C19H17N3O2S2. The lowest BCUT2D eigenvalue weighted by atomic mass is 9.83. The van der Waals surface area contributed by atoms with Crippen molar-refractivity contribution in [3.63, 3.8) is 0 Å². The molecule has 7 heteroatoms. The van der Waals surface area contributed by atoms with Crippen LogP contribution in [0.4, 0.5) is 0 Å². The number of carbonyl (C=O) groups excluding carboxylic acids is 1. The van der Waals surface area contributed by atoms with Crippen LogP contribution in [-0.4, -0.2) is 33.4 Å². The van der Waals surface area contributed by atoms with Crippen molar-refractivity contribution in [2.75, 3.05) is 13.1 Å². The Morgan fingerprint density at radius 1 is 1.12 bits per heavy atom. The molecule has 2 unspecified atom stereocenters. The van der Waals surface area contributed by atoms with Crippen molar-refractivity contribution in [2.24, 2.45) is 5.92 Å². The van der Waals surface area contributed by atoms with E-state index < -0.39 is 0 Å². The zero-order valence-corrected chi connectivity index (χ0v) is 15.6. The Kier molecular flexibility index (Phi) is 3.79. The molecular weight excluding hydrogens is 366 g/mol. The molecule has 2 bridgehead atoms. The Morgan fingerprint density at radius 3 is 2.88 bits per heavy atom. The van der Waals surface area contributed by atoms with Crippen molar-refractivity contribution < 1.29 is 4.79 Å². The molecule has 26 heavy (non-hydrogen) atoms. The smallest absolute Gasteiger partial charge is 0.273 e. The number of hydrogen-bond donors (Lipinski definition) is 0. The molecule has 2 aliphatic rings. The molecule has 5 heterocycles. The molecule has 3 aromatic heterocycles. The highest BCUT2D eigenvalue weighted by Crippen LogP contribution is 2.36. The van der Waals surface area contributed by atoms with Gasteiger partial charge in [-0.25, -0.2) is 4.98 Å². The van der Waals surface area contributed by atoms with E-state index in [1.54, 1.807) is 17.4 Å². The maximum atomic E-state index is 13.0. The number of likely N-dealkylation sites (tertiary alicyclic amines) is 1. The molecule has 5 nitrogen and oxygen atoms in total. The van der Waals surface area contributed by atoms with Crippen molar-refractivity contribution in [1.82, 2.24) is 14.5 Å². The van der Waals surface area contributed by atoms with E-state index in [4.69, 9.17) is 0 Å². The van der Waals surface area contributed by atoms with Gasteiger partial charge < -0.3 is 9.47 Å². The first kappa shape index (κ1) is 16.0. The van der Waals surface area contributed by atoms with Gasteiger partial charge in [-0.2, -0.15) is 0 Å². The summed E-state index contributed by atoms with van der Waals surface area (Å²) < 4.78 is 1.89. The Balaban J connectivity index is 1.41. The third-order valence-corrected chi connectivity index (χ3v) is 7.10. The minimum absolute atomic E-state index is 0.00508. The fourth-order valence-corrected chi connectivity index (χ4v) is 5.72. The van der Waals surface area contributed by atoms with Crippen LogP contribution in [0, 0.1) is 5.92 Å². The molecule has 1 saturated heterocycles. The Labute approximate surface area is 158 Å². The van der Waals surface area contributed by atoms with Gasteiger partial charge in [0.05, 0.1) is 4.88 Å². The molecule has 2 aliphatic heterocycles. The number of carbonyl (C=O) groups is 1. The zero-order chi connectivity index (χ0) is 17.7. The maximum Gasteiger partial charge on any atom is 0.273 e. The maximum absolute atomic E-state index is 13.0. The molecule has 1 amide bonds. The molecule has 5 rings (SSSR count). The number of piperidine rings is 1. The third kappa shape index (κ3) is 2.62. The second-order valence-corrected chi connectivity index (χ2v) is 8.73. The molecule has 0 aliphatic carbocycles. The van der Waals surface area contributed by atoms with Crippen molar-refractivity contribution in [1.29, 1.82) is 0 Å². The number of thiophene rings is 1. The average molecular weight is 383 g/mol. The number of aromatic nitrogens is 2. The number of rotatable bonds is 2. The summed E-state index contributed by atoms with van der Waals surface area (Å²) >= 11 is 3.15. The van der Waals surface area contributed by atoms with Crippen LogP contribution in [-0.2, 0) is 6.54 Å². The standard InChI is InChI=1S/C19H17N3O2S2/c23-17-5-1-3-15-13-7-12(9-22(15)17)8-21(10-13)19(24)14-11-26-18(20-14)16-4-2-6-25-16/h1-6,11-13H,7-10H2. The topological polar surface area (TPSA) is 55.2 Å². The van der Waals surface area contributed by atoms with Gasteiger partial charge >= 0.3 is 0 Å². The van der Waals surface area contributed by atoms with Crippen molar-refractivity contribution in [3.8, 4) is 9.88 Å². The lowest BCUT2D eigenvalue weighted by Crippen LogP contribution is -2.49. The highest BCUT2D eigenvalue weighted by molar-refractivity contribution is 7.20. The van der Waals surface area contributed by atoms with Gasteiger partial charge in [0.2, 0.25) is 0 Å². The molecule has 0 aromatic carbocycles. The SMILES string of the molecule is O=C(c1csc(-c2cccs2)n1)N1CC2CC(C1)c1cccc(=O)n1C2. The summed E-state index contributed by atoms with van der Waals surface area (Å²) in [6, 6.07) is 9.48. The van der Waals surface area contributed by atoms with E-state index in [1.807, 2.05) is 44.5 Å². The average Bonchev–Trinajstić information content (AvgIpc) is 3.33. The predicted molar refractivity (Wildman–Crippen MR) is 103 cm³/mol. The van der Waals surface area contributed by atoms with E-state index in [0.29, 0.717) is 31.2 Å². The first-order valence-corrected chi connectivity index (χ1v) is 10.4. The van der Waals surface area contributed by atoms with Crippen molar-refractivity contribution in [2.45, 2.75) is 18.9 Å². The summed E-state index contributed by atoms with van der Waals surface area (Å²) in [4.78, 5) is 32.7. The van der Waals surface area contributed by atoms with Crippen LogP contribution in [0.1, 0.15) is 28.5 Å². The van der Waals surface area contributed by atoms with E-state index in [-0.39, 0.29) is 17.4 Å². The molecule has 3 aromatic rings. The molecule has 0 spiro atoms. The van der Waals surface area contributed by atoms with Gasteiger partial charge in [0.25, 0.3) is 11.5 Å².